The summed E-state index contributed by atoms with van der Waals surface area (Å²) in [7, 11) is 1.62. The van der Waals surface area contributed by atoms with Crippen molar-refractivity contribution in [3.63, 3.8) is 0 Å². The van der Waals surface area contributed by atoms with Crippen LogP contribution in [0.5, 0.6) is 11.5 Å². The minimum Gasteiger partial charge on any atom is -0.493 e. The highest BCUT2D eigenvalue weighted by molar-refractivity contribution is 9.10. The Balaban J connectivity index is 2.22. The molecule has 0 aliphatic heterocycles. The molecule has 1 aliphatic rings. The number of hydrogen-bond donors (Lipinski definition) is 1. The van der Waals surface area contributed by atoms with Crippen molar-refractivity contribution in [3.8, 4) is 11.5 Å². The minimum atomic E-state index is -0.0132. The molecule has 2 rings (SSSR count). The second kappa shape index (κ2) is 5.74. The number of benzene rings is 1. The van der Waals surface area contributed by atoms with E-state index in [1.54, 1.807) is 7.11 Å². The van der Waals surface area contributed by atoms with E-state index in [-0.39, 0.29) is 6.61 Å². The van der Waals surface area contributed by atoms with Crippen LogP contribution in [0.1, 0.15) is 31.2 Å². The summed E-state index contributed by atoms with van der Waals surface area (Å²) in [6, 6.07) is 3.69. The van der Waals surface area contributed by atoms with E-state index in [1.807, 2.05) is 12.1 Å². The van der Waals surface area contributed by atoms with Crippen molar-refractivity contribution in [2.75, 3.05) is 7.11 Å². The maximum absolute atomic E-state index is 9.19. The van der Waals surface area contributed by atoms with Crippen molar-refractivity contribution in [2.24, 2.45) is 0 Å². The average Bonchev–Trinajstić information content (AvgIpc) is 2.82. The lowest BCUT2D eigenvalue weighted by molar-refractivity contribution is 0.200. The van der Waals surface area contributed by atoms with Crippen LogP contribution in [0.4, 0.5) is 0 Å². The van der Waals surface area contributed by atoms with Crippen LogP contribution in [0.2, 0.25) is 0 Å². The van der Waals surface area contributed by atoms with Gasteiger partial charge in [-0.3, -0.25) is 0 Å². The molecule has 1 aromatic rings. The van der Waals surface area contributed by atoms with Gasteiger partial charge in [-0.2, -0.15) is 0 Å². The summed E-state index contributed by atoms with van der Waals surface area (Å²) in [6.45, 7) is -0.0132. The fraction of sp³-hybridized carbons (Fsp3) is 0.538. The fourth-order valence-corrected chi connectivity index (χ4v) is 2.58. The van der Waals surface area contributed by atoms with Crippen LogP contribution in [0.25, 0.3) is 0 Å². The molecule has 0 amide bonds. The van der Waals surface area contributed by atoms with Gasteiger partial charge in [-0.25, -0.2) is 0 Å². The Morgan fingerprint density at radius 2 is 2.00 bits per heavy atom. The van der Waals surface area contributed by atoms with Gasteiger partial charge >= 0.3 is 0 Å². The van der Waals surface area contributed by atoms with Crippen molar-refractivity contribution in [3.05, 3.63) is 22.2 Å². The smallest absolute Gasteiger partial charge is 0.162 e. The molecule has 0 unspecified atom stereocenters. The van der Waals surface area contributed by atoms with E-state index in [0.29, 0.717) is 11.9 Å². The molecular weight excluding hydrogens is 284 g/mol. The van der Waals surface area contributed by atoms with E-state index >= 15 is 0 Å². The van der Waals surface area contributed by atoms with Gasteiger partial charge in [0.2, 0.25) is 0 Å². The van der Waals surface area contributed by atoms with Crippen LogP contribution >= 0.6 is 15.9 Å². The molecule has 0 bridgehead atoms. The molecule has 0 atom stereocenters. The summed E-state index contributed by atoms with van der Waals surface area (Å²) in [4.78, 5) is 0. The van der Waals surface area contributed by atoms with Crippen LogP contribution in [0, 0.1) is 0 Å². The Kier molecular flexibility index (Phi) is 4.29. The van der Waals surface area contributed by atoms with Crippen LogP contribution in [-0.2, 0) is 6.61 Å². The van der Waals surface area contributed by atoms with Gasteiger partial charge in [0.05, 0.1) is 19.8 Å². The van der Waals surface area contributed by atoms with E-state index < -0.39 is 0 Å². The first kappa shape index (κ1) is 12.7. The molecule has 1 saturated carbocycles. The number of hydrogen-bond acceptors (Lipinski definition) is 3. The number of methoxy groups -OCH3 is 1. The van der Waals surface area contributed by atoms with Crippen molar-refractivity contribution in [1.82, 2.24) is 0 Å². The second-order valence-electron chi connectivity index (χ2n) is 4.28. The Bertz CT molecular complexity index is 386. The van der Waals surface area contributed by atoms with E-state index in [2.05, 4.69) is 15.9 Å². The molecule has 1 aromatic carbocycles. The van der Waals surface area contributed by atoms with Crippen molar-refractivity contribution < 1.29 is 14.6 Å². The fourth-order valence-electron chi connectivity index (χ4n) is 2.14. The third-order valence-corrected chi connectivity index (χ3v) is 3.84. The molecule has 1 fully saturated rings. The van der Waals surface area contributed by atoms with E-state index in [4.69, 9.17) is 9.47 Å². The Labute approximate surface area is 110 Å². The maximum atomic E-state index is 9.19. The summed E-state index contributed by atoms with van der Waals surface area (Å²) >= 11 is 3.42. The minimum absolute atomic E-state index is 0.0132. The molecule has 0 radical (unpaired) electrons. The van der Waals surface area contributed by atoms with Gasteiger partial charge in [-0.15, -0.1) is 0 Å². The number of ether oxygens (including phenoxy) is 2. The zero-order valence-corrected chi connectivity index (χ0v) is 11.5. The number of aliphatic hydroxyl groups excluding tert-OH is 1. The van der Waals surface area contributed by atoms with Crippen molar-refractivity contribution >= 4 is 15.9 Å². The van der Waals surface area contributed by atoms with Crippen molar-refractivity contribution in [1.29, 1.82) is 0 Å². The summed E-state index contributed by atoms with van der Waals surface area (Å²) in [5, 5.41) is 9.19. The second-order valence-corrected chi connectivity index (χ2v) is 5.13. The third kappa shape index (κ3) is 2.93. The average molecular weight is 301 g/mol. The highest BCUT2D eigenvalue weighted by atomic mass is 79.9. The standard InChI is InChI=1S/C13H17BrO3/c1-16-12-6-9(8-15)11(14)7-13(12)17-10-4-2-3-5-10/h6-7,10,15H,2-5,8H2,1H3. The SMILES string of the molecule is COc1cc(CO)c(Br)cc1OC1CCCC1. The first-order valence-corrected chi connectivity index (χ1v) is 6.68. The van der Waals surface area contributed by atoms with Crippen molar-refractivity contribution in [2.45, 2.75) is 38.4 Å². The van der Waals surface area contributed by atoms with Crippen LogP contribution < -0.4 is 9.47 Å². The van der Waals surface area contributed by atoms with E-state index in [0.717, 1.165) is 28.6 Å². The molecule has 1 aliphatic carbocycles. The lowest BCUT2D eigenvalue weighted by Gasteiger charge is -2.17. The molecule has 4 heteroatoms. The first-order chi connectivity index (χ1) is 8.24. The Hall–Kier alpha value is -0.740. The number of rotatable bonds is 4. The molecule has 0 heterocycles. The number of aliphatic hydroxyl groups is 1. The predicted octanol–water partition coefficient (Wildman–Crippen LogP) is 3.27. The maximum Gasteiger partial charge on any atom is 0.162 e. The molecule has 1 N–H and O–H groups in total. The first-order valence-electron chi connectivity index (χ1n) is 5.88. The Morgan fingerprint density at radius 3 is 2.59 bits per heavy atom. The molecule has 94 valence electrons. The van der Waals surface area contributed by atoms with Crippen LogP contribution in [-0.4, -0.2) is 18.3 Å². The lowest BCUT2D eigenvalue weighted by Crippen LogP contribution is -2.11. The molecule has 17 heavy (non-hydrogen) atoms. The van der Waals surface area contributed by atoms with Gasteiger partial charge in [0.25, 0.3) is 0 Å². The van der Waals surface area contributed by atoms with Gasteiger partial charge < -0.3 is 14.6 Å². The predicted molar refractivity (Wildman–Crippen MR) is 69.5 cm³/mol. The monoisotopic (exact) mass is 300 g/mol. The topological polar surface area (TPSA) is 38.7 Å². The van der Waals surface area contributed by atoms with Gasteiger partial charge in [0.15, 0.2) is 11.5 Å². The summed E-state index contributed by atoms with van der Waals surface area (Å²) in [5.74, 6) is 1.44. The third-order valence-electron chi connectivity index (χ3n) is 3.10. The van der Waals surface area contributed by atoms with Gasteiger partial charge in [0.1, 0.15) is 0 Å². The molecule has 3 nitrogen and oxygen atoms in total. The highest BCUT2D eigenvalue weighted by Crippen LogP contribution is 2.36. The molecular formula is C13H17BrO3. The van der Waals surface area contributed by atoms with E-state index in [9.17, 15) is 5.11 Å². The molecule has 0 aromatic heterocycles. The summed E-state index contributed by atoms with van der Waals surface area (Å²) in [6.07, 6.45) is 5.01. The quantitative estimate of drug-likeness (QED) is 0.927. The zero-order valence-electron chi connectivity index (χ0n) is 9.91. The summed E-state index contributed by atoms with van der Waals surface area (Å²) in [5.41, 5.74) is 0.806. The number of halogens is 1. The Morgan fingerprint density at radius 1 is 1.29 bits per heavy atom. The normalized spacial score (nSPS) is 16.2. The molecule has 0 saturated heterocycles. The van der Waals surface area contributed by atoms with E-state index in [1.165, 1.54) is 12.8 Å². The summed E-state index contributed by atoms with van der Waals surface area (Å²) < 4.78 is 12.1. The lowest BCUT2D eigenvalue weighted by atomic mass is 10.2. The van der Waals surface area contributed by atoms with Gasteiger partial charge in [0, 0.05) is 4.47 Å². The molecule has 0 spiro atoms. The van der Waals surface area contributed by atoms with Crippen LogP contribution in [0.3, 0.4) is 0 Å². The van der Waals surface area contributed by atoms with Crippen LogP contribution in [0.15, 0.2) is 16.6 Å². The largest absolute Gasteiger partial charge is 0.493 e. The van der Waals surface area contributed by atoms with Gasteiger partial charge in [-0.1, -0.05) is 15.9 Å². The van der Waals surface area contributed by atoms with Gasteiger partial charge in [-0.05, 0) is 43.4 Å². The highest BCUT2D eigenvalue weighted by Gasteiger charge is 2.19. The zero-order chi connectivity index (χ0) is 12.3.